The Hall–Kier alpha value is -1.41. The van der Waals surface area contributed by atoms with Crippen molar-refractivity contribution in [3.63, 3.8) is 0 Å². The van der Waals surface area contributed by atoms with Crippen LogP contribution in [0.5, 0.6) is 0 Å². The van der Waals surface area contributed by atoms with Gasteiger partial charge in [-0.2, -0.15) is 4.91 Å². The van der Waals surface area contributed by atoms with Crippen molar-refractivity contribution < 1.29 is 0 Å². The molecule has 1 aromatic heterocycles. The summed E-state index contributed by atoms with van der Waals surface area (Å²) in [5.74, 6) is 0. The molecule has 0 bridgehead atoms. The summed E-state index contributed by atoms with van der Waals surface area (Å²) >= 11 is 0. The largest absolute Gasteiger partial charge is 0.315 e. The van der Waals surface area contributed by atoms with Crippen molar-refractivity contribution in [2.75, 3.05) is 65.4 Å². The molecular weight excluding hydrogens is 328 g/mol. The van der Waals surface area contributed by atoms with Crippen LogP contribution < -0.4 is 10.6 Å². The first kappa shape index (κ1) is 20.9. The molecule has 1 fully saturated rings. The smallest absolute Gasteiger partial charge is 0.0823 e. The summed E-state index contributed by atoms with van der Waals surface area (Å²) in [5.41, 5.74) is 1.14. The molecule has 0 aromatic carbocycles. The van der Waals surface area contributed by atoms with Crippen molar-refractivity contribution in [2.45, 2.75) is 25.8 Å². The van der Waals surface area contributed by atoms with Crippen molar-refractivity contribution in [2.24, 2.45) is 5.18 Å². The van der Waals surface area contributed by atoms with E-state index in [1.54, 1.807) is 0 Å². The van der Waals surface area contributed by atoms with Gasteiger partial charge in [-0.25, -0.2) is 0 Å². The van der Waals surface area contributed by atoms with Crippen molar-refractivity contribution >= 4 is 0 Å². The summed E-state index contributed by atoms with van der Waals surface area (Å²) in [4.78, 5) is 19.7. The van der Waals surface area contributed by atoms with Crippen molar-refractivity contribution in [3.8, 4) is 0 Å². The van der Waals surface area contributed by atoms with Crippen LogP contribution in [-0.4, -0.2) is 80.2 Å². The minimum atomic E-state index is 0.425. The standard InChI is InChI=1S/C19H34N6O/c26-23-10-5-14-24-13-3-7-21-12-17-25(15-4-8-20-11-16-24)18-19-6-1-2-9-22-19/h1-2,6,9,20-21H,3-5,7-8,10-18H2. The van der Waals surface area contributed by atoms with Gasteiger partial charge in [-0.3, -0.25) is 9.88 Å². The monoisotopic (exact) mass is 362 g/mol. The molecule has 0 radical (unpaired) electrons. The molecule has 1 saturated heterocycles. The van der Waals surface area contributed by atoms with Gasteiger partial charge in [0.25, 0.3) is 0 Å². The molecule has 146 valence electrons. The van der Waals surface area contributed by atoms with E-state index in [2.05, 4.69) is 42.7 Å². The molecule has 0 amide bonds. The molecule has 2 N–H and O–H groups in total. The third-order valence-corrected chi connectivity index (χ3v) is 4.70. The number of rotatable bonds is 6. The molecule has 0 unspecified atom stereocenters. The molecule has 1 aliphatic heterocycles. The Morgan fingerprint density at radius 3 is 2.38 bits per heavy atom. The van der Waals surface area contributed by atoms with Crippen LogP contribution in [0.25, 0.3) is 0 Å². The lowest BCUT2D eigenvalue weighted by atomic mass is 10.3. The SMILES string of the molecule is O=NCCCN1CCCNCCN(Cc2ccccn2)CCCNCC1. The topological polar surface area (TPSA) is 72.9 Å². The molecule has 26 heavy (non-hydrogen) atoms. The molecule has 0 spiro atoms. The molecule has 2 rings (SSSR count). The highest BCUT2D eigenvalue weighted by Gasteiger charge is 2.08. The Kier molecular flexibility index (Phi) is 11.1. The first-order valence-corrected chi connectivity index (χ1v) is 9.93. The Labute approximate surface area is 157 Å². The third-order valence-electron chi connectivity index (χ3n) is 4.70. The number of nitrogens with zero attached hydrogens (tertiary/aromatic N) is 4. The molecule has 7 nitrogen and oxygen atoms in total. The zero-order chi connectivity index (χ0) is 18.3. The van der Waals surface area contributed by atoms with E-state index in [1.165, 1.54) is 0 Å². The number of nitrogens with one attached hydrogen (secondary N) is 2. The van der Waals surface area contributed by atoms with Crippen LogP contribution in [0.4, 0.5) is 0 Å². The number of hydrogen-bond acceptors (Lipinski definition) is 7. The highest BCUT2D eigenvalue weighted by atomic mass is 16.3. The first-order chi connectivity index (χ1) is 12.9. The second-order valence-corrected chi connectivity index (χ2v) is 6.85. The van der Waals surface area contributed by atoms with Gasteiger partial charge in [0.1, 0.15) is 0 Å². The van der Waals surface area contributed by atoms with Crippen LogP contribution in [0.15, 0.2) is 29.6 Å². The second-order valence-electron chi connectivity index (χ2n) is 6.85. The normalized spacial score (nSPS) is 19.7. The van der Waals surface area contributed by atoms with Crippen LogP contribution in [0.1, 0.15) is 25.0 Å². The average molecular weight is 363 g/mol. The van der Waals surface area contributed by atoms with Crippen LogP contribution in [0.3, 0.4) is 0 Å². The Morgan fingerprint density at radius 1 is 0.962 bits per heavy atom. The van der Waals surface area contributed by atoms with E-state index in [-0.39, 0.29) is 0 Å². The second kappa shape index (κ2) is 13.7. The quantitative estimate of drug-likeness (QED) is 0.587. The zero-order valence-electron chi connectivity index (χ0n) is 15.9. The van der Waals surface area contributed by atoms with Gasteiger partial charge in [0, 0.05) is 45.5 Å². The minimum absolute atomic E-state index is 0.425. The Bertz CT molecular complexity index is 456. The van der Waals surface area contributed by atoms with Crippen LogP contribution in [0, 0.1) is 4.91 Å². The molecule has 1 aromatic rings. The minimum Gasteiger partial charge on any atom is -0.315 e. The molecular formula is C19H34N6O. The Morgan fingerprint density at radius 2 is 1.69 bits per heavy atom. The first-order valence-electron chi connectivity index (χ1n) is 9.93. The summed E-state index contributed by atoms with van der Waals surface area (Å²) in [7, 11) is 0. The van der Waals surface area contributed by atoms with Crippen molar-refractivity contribution in [3.05, 3.63) is 35.0 Å². The Balaban J connectivity index is 1.75. The molecule has 1 aliphatic rings. The van der Waals surface area contributed by atoms with E-state index in [0.29, 0.717) is 6.54 Å². The van der Waals surface area contributed by atoms with Gasteiger partial charge >= 0.3 is 0 Å². The number of aromatic nitrogens is 1. The van der Waals surface area contributed by atoms with Gasteiger partial charge in [0.05, 0.1) is 12.2 Å². The number of nitroso groups, excluding NO2 is 1. The fraction of sp³-hybridized carbons (Fsp3) is 0.737. The van der Waals surface area contributed by atoms with Crippen LogP contribution in [0.2, 0.25) is 0 Å². The summed E-state index contributed by atoms with van der Waals surface area (Å²) < 4.78 is 0. The maximum absolute atomic E-state index is 10.3. The van der Waals surface area contributed by atoms with Gasteiger partial charge in [-0.05, 0) is 57.6 Å². The van der Waals surface area contributed by atoms with Crippen molar-refractivity contribution in [1.29, 1.82) is 0 Å². The fourth-order valence-corrected chi connectivity index (χ4v) is 3.26. The number of hydrogen-bond donors (Lipinski definition) is 2. The molecule has 0 aliphatic carbocycles. The summed E-state index contributed by atoms with van der Waals surface area (Å²) in [6.45, 7) is 10.6. The summed E-state index contributed by atoms with van der Waals surface area (Å²) in [6.07, 6.45) is 5.01. The average Bonchev–Trinajstić information content (AvgIpc) is 2.66. The predicted molar refractivity (Wildman–Crippen MR) is 106 cm³/mol. The van der Waals surface area contributed by atoms with Gasteiger partial charge in [0.15, 0.2) is 0 Å². The van der Waals surface area contributed by atoms with Crippen LogP contribution >= 0.6 is 0 Å². The molecule has 2 heterocycles. The maximum Gasteiger partial charge on any atom is 0.0823 e. The van der Waals surface area contributed by atoms with E-state index in [4.69, 9.17) is 0 Å². The fourth-order valence-electron chi connectivity index (χ4n) is 3.26. The third kappa shape index (κ3) is 9.33. The van der Waals surface area contributed by atoms with Gasteiger partial charge < -0.3 is 15.5 Å². The van der Waals surface area contributed by atoms with E-state index in [1.807, 2.05) is 12.3 Å². The maximum atomic E-state index is 10.3. The lowest BCUT2D eigenvalue weighted by molar-refractivity contribution is 0.242. The van der Waals surface area contributed by atoms with E-state index >= 15 is 0 Å². The van der Waals surface area contributed by atoms with Gasteiger partial charge in [-0.1, -0.05) is 11.2 Å². The van der Waals surface area contributed by atoms with Crippen LogP contribution in [-0.2, 0) is 6.54 Å². The van der Waals surface area contributed by atoms with E-state index in [9.17, 15) is 4.91 Å². The lowest BCUT2D eigenvalue weighted by Gasteiger charge is -2.25. The molecule has 7 heteroatoms. The van der Waals surface area contributed by atoms with Gasteiger partial charge in [0.2, 0.25) is 0 Å². The predicted octanol–water partition coefficient (Wildman–Crippen LogP) is 1.32. The van der Waals surface area contributed by atoms with E-state index in [0.717, 1.165) is 90.4 Å². The van der Waals surface area contributed by atoms with E-state index < -0.39 is 0 Å². The number of pyridine rings is 1. The molecule has 0 atom stereocenters. The highest BCUT2D eigenvalue weighted by Crippen LogP contribution is 2.02. The summed E-state index contributed by atoms with van der Waals surface area (Å²) in [5, 5.41) is 10.1. The summed E-state index contributed by atoms with van der Waals surface area (Å²) in [6, 6.07) is 6.13. The van der Waals surface area contributed by atoms with Gasteiger partial charge in [-0.15, -0.1) is 0 Å². The zero-order valence-corrected chi connectivity index (χ0v) is 15.9. The molecule has 0 saturated carbocycles. The lowest BCUT2D eigenvalue weighted by Crippen LogP contribution is -2.38. The highest BCUT2D eigenvalue weighted by molar-refractivity contribution is 5.03. The van der Waals surface area contributed by atoms with Crippen molar-refractivity contribution in [1.82, 2.24) is 25.4 Å².